The lowest BCUT2D eigenvalue weighted by Gasteiger charge is -2.44. The molecule has 0 bridgehead atoms. The molecule has 2 saturated heterocycles. The number of carbonyl (C=O) groups is 2. The first-order valence-corrected chi connectivity index (χ1v) is 11.9. The van der Waals surface area contributed by atoms with Crippen LogP contribution in [0.5, 0.6) is 0 Å². The first-order chi connectivity index (χ1) is 16.5. The Morgan fingerprint density at radius 3 is 2.50 bits per heavy atom. The van der Waals surface area contributed by atoms with E-state index in [1.165, 1.54) is 0 Å². The Bertz CT molecular complexity index is 942. The minimum atomic E-state index is -0.773. The van der Waals surface area contributed by atoms with Crippen molar-refractivity contribution in [2.45, 2.75) is 56.6 Å². The molecule has 2 aliphatic rings. The third kappa shape index (κ3) is 6.34. The van der Waals surface area contributed by atoms with Crippen LogP contribution in [0.1, 0.15) is 37.8 Å². The highest BCUT2D eigenvalue weighted by Crippen LogP contribution is 2.28. The van der Waals surface area contributed by atoms with Gasteiger partial charge in [-0.3, -0.25) is 4.79 Å². The lowest BCUT2D eigenvalue weighted by Crippen LogP contribution is -2.58. The summed E-state index contributed by atoms with van der Waals surface area (Å²) in [6.45, 7) is 2.50. The van der Waals surface area contributed by atoms with Crippen LogP contribution in [0.15, 0.2) is 60.7 Å². The zero-order valence-corrected chi connectivity index (χ0v) is 19.4. The first kappa shape index (κ1) is 24.2. The Balaban J connectivity index is 1.37. The molecule has 0 unspecified atom stereocenters. The maximum atomic E-state index is 13.1. The van der Waals surface area contributed by atoms with Gasteiger partial charge in [-0.05, 0) is 37.5 Å². The molecule has 2 aliphatic heterocycles. The number of amides is 3. The van der Waals surface area contributed by atoms with E-state index in [0.29, 0.717) is 18.5 Å². The minimum Gasteiger partial charge on any atom is -0.389 e. The summed E-state index contributed by atoms with van der Waals surface area (Å²) in [5, 5.41) is 16.2. The molecule has 3 N–H and O–H groups in total. The predicted molar refractivity (Wildman–Crippen MR) is 128 cm³/mol. The average molecular weight is 468 g/mol. The number of carbonyl (C=O) groups excluding carboxylic acids is 2. The van der Waals surface area contributed by atoms with Crippen LogP contribution in [0.2, 0.25) is 0 Å². The van der Waals surface area contributed by atoms with Gasteiger partial charge in [0.15, 0.2) is 0 Å². The van der Waals surface area contributed by atoms with Gasteiger partial charge in [0.25, 0.3) is 0 Å². The fraction of sp³-hybridized carbons (Fsp3) is 0.462. The molecule has 0 aliphatic carbocycles. The number of hydrogen-bond donors (Lipinski definition) is 3. The normalized spacial score (nSPS) is 25.9. The van der Waals surface area contributed by atoms with Crippen LogP contribution in [-0.2, 0) is 14.3 Å². The van der Waals surface area contributed by atoms with Gasteiger partial charge in [0.2, 0.25) is 5.91 Å². The lowest BCUT2D eigenvalue weighted by atomic mass is 9.94. The van der Waals surface area contributed by atoms with Crippen molar-refractivity contribution in [3.8, 4) is 0 Å². The summed E-state index contributed by atoms with van der Waals surface area (Å²) in [6, 6.07) is 18.4. The number of ether oxygens (including phenoxy) is 2. The first-order valence-electron chi connectivity index (χ1n) is 11.9. The maximum Gasteiger partial charge on any atom is 0.322 e. The Kier molecular flexibility index (Phi) is 8.16. The van der Waals surface area contributed by atoms with Crippen LogP contribution in [0.4, 0.5) is 10.5 Å². The fourth-order valence-electron chi connectivity index (χ4n) is 4.62. The van der Waals surface area contributed by atoms with Crippen LogP contribution in [0.25, 0.3) is 0 Å². The molecule has 0 aromatic heterocycles. The Labute approximate surface area is 200 Å². The number of anilines is 1. The topological polar surface area (TPSA) is 100 Å². The molecule has 8 heteroatoms. The van der Waals surface area contributed by atoms with Crippen molar-refractivity contribution >= 4 is 17.6 Å². The number of aliphatic hydroxyl groups excluding tert-OH is 1. The van der Waals surface area contributed by atoms with E-state index < -0.39 is 6.10 Å². The third-order valence-electron chi connectivity index (χ3n) is 6.36. The highest BCUT2D eigenvalue weighted by atomic mass is 16.5. The summed E-state index contributed by atoms with van der Waals surface area (Å²) in [5.41, 5.74) is 1.74. The summed E-state index contributed by atoms with van der Waals surface area (Å²) in [4.78, 5) is 27.4. The van der Waals surface area contributed by atoms with E-state index >= 15 is 0 Å². The zero-order valence-electron chi connectivity index (χ0n) is 19.4. The number of nitrogens with zero attached hydrogens (tertiary/aromatic N) is 1. The van der Waals surface area contributed by atoms with Gasteiger partial charge in [0, 0.05) is 5.69 Å². The molecule has 0 spiro atoms. The van der Waals surface area contributed by atoms with Crippen molar-refractivity contribution in [2.75, 3.05) is 25.1 Å². The van der Waals surface area contributed by atoms with E-state index in [0.717, 1.165) is 5.56 Å². The van der Waals surface area contributed by atoms with Crippen molar-refractivity contribution in [1.29, 1.82) is 0 Å². The Hall–Kier alpha value is -2.94. The third-order valence-corrected chi connectivity index (χ3v) is 6.36. The van der Waals surface area contributed by atoms with Gasteiger partial charge in [-0.15, -0.1) is 0 Å². The summed E-state index contributed by atoms with van der Waals surface area (Å²) < 4.78 is 11.9. The minimum absolute atomic E-state index is 0.0688. The molecule has 3 amide bonds. The van der Waals surface area contributed by atoms with E-state index in [1.807, 2.05) is 67.6 Å². The molecular formula is C26H33N3O5. The second-order valence-electron chi connectivity index (χ2n) is 8.99. The predicted octanol–water partition coefficient (Wildman–Crippen LogP) is 3.10. The zero-order chi connectivity index (χ0) is 23.9. The van der Waals surface area contributed by atoms with Gasteiger partial charge in [0.05, 0.1) is 50.5 Å². The molecule has 182 valence electrons. The largest absolute Gasteiger partial charge is 0.389 e. The van der Waals surface area contributed by atoms with Crippen LogP contribution in [0, 0.1) is 0 Å². The van der Waals surface area contributed by atoms with E-state index in [4.69, 9.17) is 9.47 Å². The number of aliphatic hydroxyl groups is 1. The van der Waals surface area contributed by atoms with Crippen LogP contribution < -0.4 is 10.6 Å². The second-order valence-corrected chi connectivity index (χ2v) is 8.99. The molecule has 4 rings (SSSR count). The number of rotatable bonds is 5. The van der Waals surface area contributed by atoms with Crippen LogP contribution in [0.3, 0.4) is 0 Å². The van der Waals surface area contributed by atoms with E-state index in [-0.39, 0.29) is 62.4 Å². The SMILES string of the molecule is C[C@H](NC(=O)C[C@@H]1CC[C@H]2[C@@H](COC[C@H](O)CN2C(=O)Nc2ccccc2)O1)c1ccccc1. The smallest absolute Gasteiger partial charge is 0.322 e. The summed E-state index contributed by atoms with van der Waals surface area (Å²) in [6.07, 6.45) is 0.155. The molecule has 0 saturated carbocycles. The molecule has 34 heavy (non-hydrogen) atoms. The van der Waals surface area contributed by atoms with E-state index in [9.17, 15) is 14.7 Å². The number of hydrogen-bond acceptors (Lipinski definition) is 5. The molecule has 0 radical (unpaired) electrons. The van der Waals surface area contributed by atoms with Crippen molar-refractivity contribution < 1.29 is 24.2 Å². The number of β-amino-alcohol motifs (C(OH)–C–C–N with tert-alkyl or cyclic N) is 1. The van der Waals surface area contributed by atoms with Gasteiger partial charge >= 0.3 is 6.03 Å². The number of benzene rings is 2. The number of nitrogens with one attached hydrogen (secondary N) is 2. The van der Waals surface area contributed by atoms with Gasteiger partial charge in [0.1, 0.15) is 6.10 Å². The highest BCUT2D eigenvalue weighted by molar-refractivity contribution is 5.89. The standard InChI is InChI=1S/C26H33N3O5/c1-18(19-8-4-2-5-9-19)27-25(31)14-22-12-13-23-24(34-22)17-33-16-21(30)15-29(23)26(32)28-20-10-6-3-7-11-20/h2-11,18,21-24,30H,12-17H2,1H3,(H,27,31)(H,28,32)/t18-,21+,22-,23-,24+/m0/s1. The quantitative estimate of drug-likeness (QED) is 0.628. The average Bonchev–Trinajstić information content (AvgIpc) is 2.83. The van der Waals surface area contributed by atoms with E-state index in [1.54, 1.807) is 4.90 Å². The monoisotopic (exact) mass is 467 g/mol. The van der Waals surface area contributed by atoms with Crippen molar-refractivity contribution in [3.63, 3.8) is 0 Å². The fourth-order valence-corrected chi connectivity index (χ4v) is 4.62. The van der Waals surface area contributed by atoms with Gasteiger partial charge in [-0.2, -0.15) is 0 Å². The second kappa shape index (κ2) is 11.5. The molecule has 2 aromatic rings. The maximum absolute atomic E-state index is 13.1. The van der Waals surface area contributed by atoms with Crippen molar-refractivity contribution in [2.24, 2.45) is 0 Å². The molecule has 2 aromatic carbocycles. The summed E-state index contributed by atoms with van der Waals surface area (Å²) in [7, 11) is 0. The number of urea groups is 1. The van der Waals surface area contributed by atoms with Crippen LogP contribution in [-0.4, -0.2) is 66.1 Å². The van der Waals surface area contributed by atoms with Crippen molar-refractivity contribution in [3.05, 3.63) is 66.2 Å². The van der Waals surface area contributed by atoms with E-state index in [2.05, 4.69) is 10.6 Å². The molecule has 2 fully saturated rings. The van der Waals surface area contributed by atoms with Gasteiger partial charge in [-0.25, -0.2) is 4.79 Å². The Morgan fingerprint density at radius 1 is 1.06 bits per heavy atom. The summed E-state index contributed by atoms with van der Waals surface area (Å²) >= 11 is 0. The molecule has 8 nitrogen and oxygen atoms in total. The van der Waals surface area contributed by atoms with Crippen LogP contribution >= 0.6 is 0 Å². The van der Waals surface area contributed by atoms with Gasteiger partial charge in [-0.1, -0.05) is 48.5 Å². The van der Waals surface area contributed by atoms with Gasteiger partial charge < -0.3 is 30.1 Å². The molecular weight excluding hydrogens is 434 g/mol. The number of fused-ring (bicyclic) bond motifs is 1. The molecule has 2 heterocycles. The number of para-hydroxylation sites is 1. The lowest BCUT2D eigenvalue weighted by molar-refractivity contribution is -0.150. The molecule has 5 atom stereocenters. The highest BCUT2D eigenvalue weighted by Gasteiger charge is 2.40. The Morgan fingerprint density at radius 2 is 1.76 bits per heavy atom. The van der Waals surface area contributed by atoms with Crippen molar-refractivity contribution in [1.82, 2.24) is 10.2 Å². The summed E-state index contributed by atoms with van der Waals surface area (Å²) in [5.74, 6) is -0.0688.